The number of aromatic nitrogens is 2. The number of nitrogens with zero attached hydrogens (tertiary/aromatic N) is 2. The topological polar surface area (TPSA) is 17.8 Å². The molecule has 1 aromatic heterocycles. The van der Waals surface area contributed by atoms with E-state index in [1.807, 2.05) is 4.68 Å². The highest BCUT2D eigenvalue weighted by Crippen LogP contribution is 2.04. The molecule has 0 spiro atoms. The Labute approximate surface area is 61.9 Å². The third kappa shape index (κ3) is 1.20. The van der Waals surface area contributed by atoms with Crippen LogP contribution in [0.1, 0.15) is 25.1 Å². The smallest absolute Gasteiger partial charge is 0.0650 e. The molecule has 0 aliphatic rings. The zero-order valence-electron chi connectivity index (χ0n) is 6.89. The monoisotopic (exact) mass is 138 g/mol. The van der Waals surface area contributed by atoms with Crippen molar-refractivity contribution in [1.29, 1.82) is 0 Å². The highest BCUT2D eigenvalue weighted by molar-refractivity contribution is 5.14. The summed E-state index contributed by atoms with van der Waals surface area (Å²) in [6.45, 7) is 7.32. The van der Waals surface area contributed by atoms with E-state index in [0.29, 0.717) is 0 Å². The lowest BCUT2D eigenvalue weighted by Gasteiger charge is -1.90. The molecule has 0 saturated heterocycles. The summed E-state index contributed by atoms with van der Waals surface area (Å²) in [5.41, 5.74) is 2.53. The molecule has 0 saturated carbocycles. The quantitative estimate of drug-likeness (QED) is 0.609. The summed E-state index contributed by atoms with van der Waals surface area (Å²) in [6, 6.07) is 0. The second kappa shape index (κ2) is 2.86. The summed E-state index contributed by atoms with van der Waals surface area (Å²) in [4.78, 5) is 0. The van der Waals surface area contributed by atoms with Crippen LogP contribution in [0.5, 0.6) is 0 Å². The fourth-order valence-electron chi connectivity index (χ4n) is 1.07. The zero-order valence-corrected chi connectivity index (χ0v) is 6.89. The lowest BCUT2D eigenvalue weighted by molar-refractivity contribution is 0.648. The number of hydrogen-bond donors (Lipinski definition) is 0. The Hall–Kier alpha value is -0.790. The van der Waals surface area contributed by atoms with Crippen LogP contribution in [0, 0.1) is 6.92 Å². The van der Waals surface area contributed by atoms with Gasteiger partial charge in [0.2, 0.25) is 0 Å². The van der Waals surface area contributed by atoms with Crippen molar-refractivity contribution < 1.29 is 0 Å². The standard InChI is InChI=1S/C8H14N2/c1-4-8-7(3)6-10(5-2)9-8/h6H,4-5H2,1-3H3. The first-order valence-electron chi connectivity index (χ1n) is 3.80. The molecule has 0 unspecified atom stereocenters. The van der Waals surface area contributed by atoms with E-state index in [1.165, 1.54) is 11.3 Å². The van der Waals surface area contributed by atoms with Crippen LogP contribution in [0.4, 0.5) is 0 Å². The van der Waals surface area contributed by atoms with Crippen molar-refractivity contribution >= 4 is 0 Å². The molecule has 1 rings (SSSR count). The van der Waals surface area contributed by atoms with Gasteiger partial charge in [0, 0.05) is 12.7 Å². The summed E-state index contributed by atoms with van der Waals surface area (Å²) in [5.74, 6) is 0. The van der Waals surface area contributed by atoms with E-state index in [9.17, 15) is 0 Å². The lowest BCUT2D eigenvalue weighted by Crippen LogP contribution is -1.94. The van der Waals surface area contributed by atoms with Gasteiger partial charge in [-0.25, -0.2) is 0 Å². The van der Waals surface area contributed by atoms with E-state index in [2.05, 4.69) is 32.1 Å². The van der Waals surface area contributed by atoms with Crippen molar-refractivity contribution in [2.45, 2.75) is 33.7 Å². The molecule has 0 radical (unpaired) electrons. The first-order chi connectivity index (χ1) is 4.77. The Balaban J connectivity index is 2.92. The largest absolute Gasteiger partial charge is 0.272 e. The molecule has 0 aliphatic carbocycles. The molecule has 2 heteroatoms. The molecule has 0 bridgehead atoms. The lowest BCUT2D eigenvalue weighted by atomic mass is 10.2. The van der Waals surface area contributed by atoms with E-state index in [1.54, 1.807) is 0 Å². The maximum absolute atomic E-state index is 4.36. The van der Waals surface area contributed by atoms with Crippen LogP contribution in [0.3, 0.4) is 0 Å². The average molecular weight is 138 g/mol. The Kier molecular flexibility index (Phi) is 2.10. The molecular weight excluding hydrogens is 124 g/mol. The van der Waals surface area contributed by atoms with Crippen molar-refractivity contribution in [1.82, 2.24) is 9.78 Å². The molecule has 1 aromatic rings. The van der Waals surface area contributed by atoms with Gasteiger partial charge in [-0.2, -0.15) is 5.10 Å². The molecule has 0 aromatic carbocycles. The van der Waals surface area contributed by atoms with Crippen LogP contribution < -0.4 is 0 Å². The van der Waals surface area contributed by atoms with Crippen LogP contribution in [-0.4, -0.2) is 9.78 Å². The molecule has 0 fully saturated rings. The Morgan fingerprint density at radius 3 is 2.50 bits per heavy atom. The van der Waals surface area contributed by atoms with Gasteiger partial charge in [0.05, 0.1) is 5.69 Å². The van der Waals surface area contributed by atoms with Crippen molar-refractivity contribution in [2.24, 2.45) is 0 Å². The fourth-order valence-corrected chi connectivity index (χ4v) is 1.07. The van der Waals surface area contributed by atoms with E-state index in [-0.39, 0.29) is 0 Å². The Morgan fingerprint density at radius 1 is 1.50 bits per heavy atom. The second-order valence-corrected chi connectivity index (χ2v) is 2.47. The first kappa shape index (κ1) is 7.32. The summed E-state index contributed by atoms with van der Waals surface area (Å²) in [7, 11) is 0. The fraction of sp³-hybridized carbons (Fsp3) is 0.625. The van der Waals surface area contributed by atoms with Crippen LogP contribution in [-0.2, 0) is 13.0 Å². The molecule has 10 heavy (non-hydrogen) atoms. The van der Waals surface area contributed by atoms with Gasteiger partial charge in [-0.3, -0.25) is 4.68 Å². The third-order valence-electron chi connectivity index (χ3n) is 1.71. The van der Waals surface area contributed by atoms with Crippen molar-refractivity contribution in [3.8, 4) is 0 Å². The third-order valence-corrected chi connectivity index (χ3v) is 1.71. The molecule has 0 atom stereocenters. The number of rotatable bonds is 2. The van der Waals surface area contributed by atoms with Gasteiger partial charge in [-0.1, -0.05) is 6.92 Å². The molecular formula is C8H14N2. The van der Waals surface area contributed by atoms with Gasteiger partial charge in [0.15, 0.2) is 0 Å². The maximum Gasteiger partial charge on any atom is 0.0650 e. The first-order valence-corrected chi connectivity index (χ1v) is 3.80. The zero-order chi connectivity index (χ0) is 7.56. The van der Waals surface area contributed by atoms with Crippen molar-refractivity contribution in [3.63, 3.8) is 0 Å². The highest BCUT2D eigenvalue weighted by Gasteiger charge is 1.99. The highest BCUT2D eigenvalue weighted by atomic mass is 15.3. The van der Waals surface area contributed by atoms with Crippen LogP contribution in [0.25, 0.3) is 0 Å². The van der Waals surface area contributed by atoms with Gasteiger partial charge in [-0.05, 0) is 25.8 Å². The summed E-state index contributed by atoms with van der Waals surface area (Å²) < 4.78 is 1.98. The van der Waals surface area contributed by atoms with Crippen LogP contribution in [0.15, 0.2) is 6.20 Å². The van der Waals surface area contributed by atoms with Gasteiger partial charge >= 0.3 is 0 Å². The maximum atomic E-state index is 4.36. The molecule has 0 N–H and O–H groups in total. The van der Waals surface area contributed by atoms with E-state index >= 15 is 0 Å². The molecule has 2 nitrogen and oxygen atoms in total. The minimum absolute atomic E-state index is 0.973. The van der Waals surface area contributed by atoms with Gasteiger partial charge in [0.25, 0.3) is 0 Å². The molecule has 56 valence electrons. The molecule has 1 heterocycles. The van der Waals surface area contributed by atoms with E-state index in [4.69, 9.17) is 0 Å². The minimum atomic E-state index is 0.973. The van der Waals surface area contributed by atoms with E-state index in [0.717, 1.165) is 13.0 Å². The van der Waals surface area contributed by atoms with Crippen molar-refractivity contribution in [3.05, 3.63) is 17.5 Å². The predicted molar refractivity (Wildman–Crippen MR) is 42.0 cm³/mol. The summed E-state index contributed by atoms with van der Waals surface area (Å²) >= 11 is 0. The Bertz CT molecular complexity index is 213. The predicted octanol–water partition coefficient (Wildman–Crippen LogP) is 1.77. The second-order valence-electron chi connectivity index (χ2n) is 2.47. The normalized spacial score (nSPS) is 10.3. The number of hydrogen-bond acceptors (Lipinski definition) is 1. The molecule has 0 aliphatic heterocycles. The van der Waals surface area contributed by atoms with Crippen LogP contribution >= 0.6 is 0 Å². The molecule has 0 amide bonds. The van der Waals surface area contributed by atoms with Gasteiger partial charge in [-0.15, -0.1) is 0 Å². The van der Waals surface area contributed by atoms with Gasteiger partial charge < -0.3 is 0 Å². The van der Waals surface area contributed by atoms with E-state index < -0.39 is 0 Å². The average Bonchev–Trinajstić information content (AvgIpc) is 2.30. The van der Waals surface area contributed by atoms with Crippen LogP contribution in [0.2, 0.25) is 0 Å². The van der Waals surface area contributed by atoms with Crippen molar-refractivity contribution in [2.75, 3.05) is 0 Å². The number of aryl methyl sites for hydroxylation is 3. The Morgan fingerprint density at radius 2 is 2.20 bits per heavy atom. The minimum Gasteiger partial charge on any atom is -0.272 e. The van der Waals surface area contributed by atoms with Gasteiger partial charge in [0.1, 0.15) is 0 Å². The SMILES string of the molecule is CCc1nn(CC)cc1C. The summed E-state index contributed by atoms with van der Waals surface area (Å²) in [6.07, 6.45) is 3.14. The summed E-state index contributed by atoms with van der Waals surface area (Å²) in [5, 5.41) is 4.36.